The molecule has 1 heterocycles. The van der Waals surface area contributed by atoms with Crippen LogP contribution in [0.5, 0.6) is 0 Å². The number of aryl methyl sites for hydroxylation is 1. The maximum atomic E-state index is 12.7. The quantitative estimate of drug-likeness (QED) is 0.826. The summed E-state index contributed by atoms with van der Waals surface area (Å²) in [5, 5.41) is 4.11. The maximum Gasteiger partial charge on any atom is 0.241 e. The largest absolute Gasteiger partial charge is 0.273 e. The van der Waals surface area contributed by atoms with Gasteiger partial charge in [-0.15, -0.1) is 0 Å². The molecule has 0 unspecified atom stereocenters. The smallest absolute Gasteiger partial charge is 0.241 e. The number of rotatable bonds is 6. The Bertz CT molecular complexity index is 765. The highest BCUT2D eigenvalue weighted by molar-refractivity contribution is 7.89. The van der Waals surface area contributed by atoms with Gasteiger partial charge in [0.25, 0.3) is 0 Å². The monoisotopic (exact) mass is 335 g/mol. The zero-order valence-electron chi connectivity index (χ0n) is 14.5. The number of hydrogen-bond donors (Lipinski definition) is 1. The summed E-state index contributed by atoms with van der Waals surface area (Å²) in [6.07, 6.45) is 4.28. The van der Waals surface area contributed by atoms with Gasteiger partial charge in [0.05, 0.1) is 4.90 Å². The standard InChI is InChI=1S/C17H25N3O2S/c1-12-13(2)15(4)17(16(5)14(12)3)23(21,22)19-9-7-11-20-10-6-8-18-20/h6,8,10,19H,7,9,11H2,1-5H3. The van der Waals surface area contributed by atoms with E-state index >= 15 is 0 Å². The van der Waals surface area contributed by atoms with Crippen LogP contribution in [-0.4, -0.2) is 24.7 Å². The second kappa shape index (κ2) is 6.84. The molecular weight excluding hydrogens is 310 g/mol. The van der Waals surface area contributed by atoms with Crippen molar-refractivity contribution >= 4 is 10.0 Å². The average molecular weight is 335 g/mol. The van der Waals surface area contributed by atoms with E-state index < -0.39 is 10.0 Å². The Hall–Kier alpha value is -1.66. The summed E-state index contributed by atoms with van der Waals surface area (Å²) in [5.41, 5.74) is 4.93. The number of benzene rings is 1. The van der Waals surface area contributed by atoms with E-state index in [-0.39, 0.29) is 0 Å². The lowest BCUT2D eigenvalue weighted by molar-refractivity contribution is 0.552. The van der Waals surface area contributed by atoms with Crippen molar-refractivity contribution in [3.8, 4) is 0 Å². The van der Waals surface area contributed by atoms with Crippen LogP contribution in [0, 0.1) is 34.6 Å². The van der Waals surface area contributed by atoms with Gasteiger partial charge >= 0.3 is 0 Å². The number of nitrogens with one attached hydrogen (secondary N) is 1. The van der Waals surface area contributed by atoms with Gasteiger partial charge in [0.2, 0.25) is 10.0 Å². The van der Waals surface area contributed by atoms with Crippen molar-refractivity contribution in [2.45, 2.75) is 52.5 Å². The lowest BCUT2D eigenvalue weighted by atomic mass is 9.95. The Kier molecular flexibility index (Phi) is 5.26. The van der Waals surface area contributed by atoms with E-state index in [1.807, 2.05) is 46.9 Å². The van der Waals surface area contributed by atoms with Crippen molar-refractivity contribution in [1.82, 2.24) is 14.5 Å². The van der Waals surface area contributed by atoms with Gasteiger partial charge in [0.1, 0.15) is 0 Å². The van der Waals surface area contributed by atoms with Gasteiger partial charge in [0, 0.05) is 25.5 Å². The van der Waals surface area contributed by atoms with Crippen LogP contribution in [0.3, 0.4) is 0 Å². The van der Waals surface area contributed by atoms with E-state index in [2.05, 4.69) is 9.82 Å². The molecule has 0 aliphatic heterocycles. The molecule has 0 atom stereocenters. The number of aromatic nitrogens is 2. The van der Waals surface area contributed by atoms with Crippen LogP contribution in [0.15, 0.2) is 23.4 Å². The van der Waals surface area contributed by atoms with Crippen LogP contribution < -0.4 is 4.72 Å². The van der Waals surface area contributed by atoms with E-state index in [4.69, 9.17) is 0 Å². The van der Waals surface area contributed by atoms with Gasteiger partial charge in [-0.1, -0.05) is 0 Å². The van der Waals surface area contributed by atoms with Crippen molar-refractivity contribution in [3.05, 3.63) is 46.3 Å². The van der Waals surface area contributed by atoms with Gasteiger partial charge < -0.3 is 0 Å². The van der Waals surface area contributed by atoms with Crippen LogP contribution in [0.1, 0.15) is 34.2 Å². The van der Waals surface area contributed by atoms with Gasteiger partial charge in [0.15, 0.2) is 0 Å². The van der Waals surface area contributed by atoms with Gasteiger partial charge in [-0.25, -0.2) is 13.1 Å². The predicted molar refractivity (Wildman–Crippen MR) is 92.2 cm³/mol. The molecule has 0 aliphatic carbocycles. The molecule has 126 valence electrons. The van der Waals surface area contributed by atoms with Crippen LogP contribution in [-0.2, 0) is 16.6 Å². The minimum atomic E-state index is -3.50. The summed E-state index contributed by atoms with van der Waals surface area (Å²) in [6, 6.07) is 1.86. The van der Waals surface area contributed by atoms with Crippen LogP contribution >= 0.6 is 0 Å². The molecule has 2 rings (SSSR count). The molecule has 0 spiro atoms. The first-order valence-electron chi connectivity index (χ1n) is 7.79. The third-order valence-electron chi connectivity index (χ3n) is 4.62. The maximum absolute atomic E-state index is 12.7. The van der Waals surface area contributed by atoms with Gasteiger partial charge in [-0.05, 0) is 74.9 Å². The Morgan fingerprint density at radius 1 is 1.00 bits per heavy atom. The highest BCUT2D eigenvalue weighted by atomic mass is 32.2. The summed E-state index contributed by atoms with van der Waals surface area (Å²) in [6.45, 7) is 10.9. The first-order valence-corrected chi connectivity index (χ1v) is 9.28. The molecule has 1 aromatic carbocycles. The molecule has 0 saturated heterocycles. The summed E-state index contributed by atoms with van der Waals surface area (Å²) in [7, 11) is -3.50. The number of sulfonamides is 1. The molecule has 0 saturated carbocycles. The van der Waals surface area contributed by atoms with Gasteiger partial charge in [-0.2, -0.15) is 5.10 Å². The topological polar surface area (TPSA) is 64.0 Å². The zero-order chi connectivity index (χ0) is 17.2. The molecule has 2 aromatic rings. The molecule has 1 aromatic heterocycles. The van der Waals surface area contributed by atoms with Crippen molar-refractivity contribution < 1.29 is 8.42 Å². The van der Waals surface area contributed by atoms with Gasteiger partial charge in [-0.3, -0.25) is 4.68 Å². The predicted octanol–water partition coefficient (Wildman–Crippen LogP) is 2.79. The van der Waals surface area contributed by atoms with E-state index in [9.17, 15) is 8.42 Å². The summed E-state index contributed by atoms with van der Waals surface area (Å²) in [5.74, 6) is 0. The van der Waals surface area contributed by atoms with Crippen LogP contribution in [0.2, 0.25) is 0 Å². The Labute approximate surface area is 138 Å². The Morgan fingerprint density at radius 3 is 2.09 bits per heavy atom. The normalized spacial score (nSPS) is 11.9. The molecule has 1 N–H and O–H groups in total. The fraction of sp³-hybridized carbons (Fsp3) is 0.471. The van der Waals surface area contributed by atoms with E-state index in [1.165, 1.54) is 0 Å². The molecule has 23 heavy (non-hydrogen) atoms. The van der Waals surface area contributed by atoms with Crippen LogP contribution in [0.4, 0.5) is 0 Å². The first kappa shape index (κ1) is 17.7. The fourth-order valence-electron chi connectivity index (χ4n) is 2.82. The van der Waals surface area contributed by atoms with E-state index in [0.29, 0.717) is 24.4 Å². The lowest BCUT2D eigenvalue weighted by Crippen LogP contribution is -2.27. The summed E-state index contributed by atoms with van der Waals surface area (Å²) >= 11 is 0. The second-order valence-corrected chi connectivity index (χ2v) is 7.68. The molecule has 0 aliphatic rings. The zero-order valence-corrected chi connectivity index (χ0v) is 15.3. The minimum Gasteiger partial charge on any atom is -0.273 e. The molecule has 0 fully saturated rings. The SMILES string of the molecule is Cc1c(C)c(C)c(S(=O)(=O)NCCCn2cccn2)c(C)c1C. The van der Waals surface area contributed by atoms with Crippen molar-refractivity contribution in [1.29, 1.82) is 0 Å². The average Bonchev–Trinajstić information content (AvgIpc) is 3.01. The van der Waals surface area contributed by atoms with E-state index in [0.717, 1.165) is 27.8 Å². The lowest BCUT2D eigenvalue weighted by Gasteiger charge is -2.19. The van der Waals surface area contributed by atoms with Crippen molar-refractivity contribution in [2.75, 3.05) is 6.54 Å². The molecule has 0 radical (unpaired) electrons. The first-order chi connectivity index (χ1) is 10.8. The summed E-state index contributed by atoms with van der Waals surface area (Å²) < 4.78 is 30.0. The number of nitrogens with zero attached hydrogens (tertiary/aromatic N) is 2. The third kappa shape index (κ3) is 3.64. The summed E-state index contributed by atoms with van der Waals surface area (Å²) in [4.78, 5) is 0.428. The number of hydrogen-bond acceptors (Lipinski definition) is 3. The van der Waals surface area contributed by atoms with Crippen molar-refractivity contribution in [2.24, 2.45) is 0 Å². The third-order valence-corrected chi connectivity index (χ3v) is 6.35. The minimum absolute atomic E-state index is 0.396. The highest BCUT2D eigenvalue weighted by Crippen LogP contribution is 2.29. The van der Waals surface area contributed by atoms with Crippen molar-refractivity contribution in [3.63, 3.8) is 0 Å². The fourth-order valence-corrected chi connectivity index (χ4v) is 4.49. The Morgan fingerprint density at radius 2 is 1.57 bits per heavy atom. The highest BCUT2D eigenvalue weighted by Gasteiger charge is 2.23. The van der Waals surface area contributed by atoms with Crippen LogP contribution in [0.25, 0.3) is 0 Å². The Balaban J connectivity index is 2.16. The molecule has 6 heteroatoms. The molecule has 0 bridgehead atoms. The van der Waals surface area contributed by atoms with E-state index in [1.54, 1.807) is 10.9 Å². The molecular formula is C17H25N3O2S. The molecule has 5 nitrogen and oxygen atoms in total. The second-order valence-electron chi connectivity index (χ2n) is 5.97. The molecule has 0 amide bonds.